The zero-order valence-corrected chi connectivity index (χ0v) is 15.1. The molecule has 25 heavy (non-hydrogen) atoms. The first kappa shape index (κ1) is 17.6. The third-order valence-corrected chi connectivity index (χ3v) is 4.35. The van der Waals surface area contributed by atoms with Crippen LogP contribution in [0, 0.1) is 0 Å². The minimum Gasteiger partial charge on any atom is -0.496 e. The highest BCUT2D eigenvalue weighted by atomic mass is 35.5. The van der Waals surface area contributed by atoms with E-state index in [-0.39, 0.29) is 6.61 Å². The Labute approximate surface area is 154 Å². The fourth-order valence-corrected chi connectivity index (χ4v) is 3.00. The summed E-state index contributed by atoms with van der Waals surface area (Å²) >= 11 is 12.3. The standard InChI is InChI=1S/C18H15Cl2NO4/c1-23-14-4-3-5-15(24-2)16(14)18-12(9-22)17(21-25-18)11-8-10(19)6-7-13(11)20/h3-8,22H,9H2,1-2H3. The van der Waals surface area contributed by atoms with Gasteiger partial charge in [0.2, 0.25) is 0 Å². The van der Waals surface area contributed by atoms with E-state index in [0.29, 0.717) is 49.7 Å². The van der Waals surface area contributed by atoms with Crippen LogP contribution in [-0.4, -0.2) is 24.5 Å². The minimum absolute atomic E-state index is 0.307. The van der Waals surface area contributed by atoms with Gasteiger partial charge in [-0.3, -0.25) is 0 Å². The highest BCUT2D eigenvalue weighted by Crippen LogP contribution is 2.43. The van der Waals surface area contributed by atoms with Crippen molar-refractivity contribution < 1.29 is 19.1 Å². The van der Waals surface area contributed by atoms with E-state index in [1.807, 2.05) is 0 Å². The zero-order valence-electron chi connectivity index (χ0n) is 13.5. The Morgan fingerprint density at radius 2 is 1.76 bits per heavy atom. The third kappa shape index (κ3) is 3.18. The van der Waals surface area contributed by atoms with Gasteiger partial charge in [-0.25, -0.2) is 0 Å². The van der Waals surface area contributed by atoms with Crippen LogP contribution in [0.25, 0.3) is 22.6 Å². The van der Waals surface area contributed by atoms with Crippen LogP contribution in [-0.2, 0) is 6.61 Å². The maximum Gasteiger partial charge on any atom is 0.180 e. The Kier molecular flexibility index (Phi) is 5.18. The molecule has 0 radical (unpaired) electrons. The molecule has 0 fully saturated rings. The van der Waals surface area contributed by atoms with E-state index in [1.165, 1.54) is 0 Å². The molecule has 0 amide bonds. The Morgan fingerprint density at radius 1 is 1.08 bits per heavy atom. The maximum atomic E-state index is 9.94. The fourth-order valence-electron chi connectivity index (χ4n) is 2.62. The molecule has 0 aliphatic rings. The number of benzene rings is 2. The van der Waals surface area contributed by atoms with E-state index >= 15 is 0 Å². The molecule has 1 aromatic heterocycles. The van der Waals surface area contributed by atoms with E-state index in [1.54, 1.807) is 50.6 Å². The summed E-state index contributed by atoms with van der Waals surface area (Å²) in [6.45, 7) is -0.307. The minimum atomic E-state index is -0.307. The summed E-state index contributed by atoms with van der Waals surface area (Å²) in [7, 11) is 3.09. The quantitative estimate of drug-likeness (QED) is 0.687. The number of aromatic nitrogens is 1. The van der Waals surface area contributed by atoms with Crippen LogP contribution in [0.3, 0.4) is 0 Å². The highest BCUT2D eigenvalue weighted by Gasteiger charge is 2.25. The molecule has 7 heteroatoms. The first-order valence-corrected chi connectivity index (χ1v) is 8.12. The van der Waals surface area contributed by atoms with Crippen LogP contribution >= 0.6 is 23.2 Å². The molecule has 0 bridgehead atoms. The maximum absolute atomic E-state index is 9.94. The van der Waals surface area contributed by atoms with Crippen molar-refractivity contribution >= 4 is 23.2 Å². The number of aliphatic hydroxyl groups excluding tert-OH is 1. The van der Waals surface area contributed by atoms with Gasteiger partial charge in [-0.1, -0.05) is 34.4 Å². The van der Waals surface area contributed by atoms with Crippen molar-refractivity contribution in [2.45, 2.75) is 6.61 Å². The summed E-state index contributed by atoms with van der Waals surface area (Å²) in [4.78, 5) is 0. The van der Waals surface area contributed by atoms with Crippen LogP contribution in [0.2, 0.25) is 10.0 Å². The van der Waals surface area contributed by atoms with Gasteiger partial charge in [0.15, 0.2) is 5.76 Å². The number of halogens is 2. The van der Waals surface area contributed by atoms with Crippen molar-refractivity contribution in [3.63, 3.8) is 0 Å². The van der Waals surface area contributed by atoms with Gasteiger partial charge >= 0.3 is 0 Å². The molecule has 1 N–H and O–H groups in total. The van der Waals surface area contributed by atoms with E-state index in [0.717, 1.165) is 0 Å². The van der Waals surface area contributed by atoms with Gasteiger partial charge in [-0.15, -0.1) is 0 Å². The van der Waals surface area contributed by atoms with E-state index in [9.17, 15) is 5.11 Å². The predicted octanol–water partition coefficient (Wildman–Crippen LogP) is 4.82. The van der Waals surface area contributed by atoms with Gasteiger partial charge < -0.3 is 19.1 Å². The average molecular weight is 380 g/mol. The van der Waals surface area contributed by atoms with Crippen molar-refractivity contribution in [2.24, 2.45) is 0 Å². The molecule has 0 unspecified atom stereocenters. The van der Waals surface area contributed by atoms with Gasteiger partial charge in [0, 0.05) is 10.6 Å². The Hall–Kier alpha value is -2.21. The first-order valence-electron chi connectivity index (χ1n) is 7.36. The molecule has 3 aromatic rings. The normalized spacial score (nSPS) is 10.8. The summed E-state index contributed by atoms with van der Waals surface area (Å²) in [5.74, 6) is 1.42. The monoisotopic (exact) mass is 379 g/mol. The average Bonchev–Trinajstić information content (AvgIpc) is 3.06. The summed E-state index contributed by atoms with van der Waals surface area (Å²) < 4.78 is 16.3. The molecular formula is C18H15Cl2NO4. The second kappa shape index (κ2) is 7.35. The molecule has 130 valence electrons. The number of hydrogen-bond acceptors (Lipinski definition) is 5. The highest BCUT2D eigenvalue weighted by molar-refractivity contribution is 6.35. The fraction of sp³-hybridized carbons (Fsp3) is 0.167. The number of aliphatic hydroxyl groups is 1. The molecule has 2 aromatic carbocycles. The van der Waals surface area contributed by atoms with Crippen molar-refractivity contribution in [1.29, 1.82) is 0 Å². The summed E-state index contributed by atoms with van der Waals surface area (Å²) in [6, 6.07) is 10.4. The van der Waals surface area contributed by atoms with E-state index in [4.69, 9.17) is 37.2 Å². The lowest BCUT2D eigenvalue weighted by molar-refractivity contribution is 0.281. The Morgan fingerprint density at radius 3 is 2.36 bits per heavy atom. The van der Waals surface area contributed by atoms with Crippen LogP contribution in [0.15, 0.2) is 40.9 Å². The molecule has 0 atom stereocenters. The lowest BCUT2D eigenvalue weighted by Crippen LogP contribution is -1.95. The second-order valence-corrected chi connectivity index (χ2v) is 6.00. The molecule has 1 heterocycles. The summed E-state index contributed by atoms with van der Waals surface area (Å²) in [5.41, 5.74) is 2.01. The molecule has 5 nitrogen and oxygen atoms in total. The number of rotatable bonds is 5. The van der Waals surface area contributed by atoms with Crippen molar-refractivity contribution in [3.8, 4) is 34.1 Å². The van der Waals surface area contributed by atoms with Crippen LogP contribution in [0.1, 0.15) is 5.56 Å². The van der Waals surface area contributed by atoms with Gasteiger partial charge in [-0.2, -0.15) is 0 Å². The number of ether oxygens (including phenoxy) is 2. The third-order valence-electron chi connectivity index (χ3n) is 3.78. The van der Waals surface area contributed by atoms with Crippen molar-refractivity contribution in [1.82, 2.24) is 5.16 Å². The predicted molar refractivity (Wildman–Crippen MR) is 96.4 cm³/mol. The SMILES string of the molecule is COc1cccc(OC)c1-c1onc(-c2cc(Cl)ccc2Cl)c1CO. The Bertz CT molecular complexity index is 886. The zero-order chi connectivity index (χ0) is 18.0. The number of hydrogen-bond donors (Lipinski definition) is 1. The van der Waals surface area contributed by atoms with Crippen LogP contribution < -0.4 is 9.47 Å². The van der Waals surface area contributed by atoms with E-state index < -0.39 is 0 Å². The summed E-state index contributed by atoms with van der Waals surface area (Å²) in [5, 5.41) is 15.0. The smallest absolute Gasteiger partial charge is 0.180 e. The van der Waals surface area contributed by atoms with Gasteiger partial charge in [-0.05, 0) is 30.3 Å². The molecule has 0 aliphatic carbocycles. The van der Waals surface area contributed by atoms with Crippen molar-refractivity contribution in [3.05, 3.63) is 52.0 Å². The second-order valence-electron chi connectivity index (χ2n) is 5.16. The van der Waals surface area contributed by atoms with Crippen molar-refractivity contribution in [2.75, 3.05) is 14.2 Å². The lowest BCUT2D eigenvalue weighted by Gasteiger charge is -2.11. The molecule has 3 rings (SSSR count). The Balaban J connectivity index is 2.25. The molecular weight excluding hydrogens is 365 g/mol. The molecule has 0 aliphatic heterocycles. The van der Waals surface area contributed by atoms with Crippen LogP contribution in [0.5, 0.6) is 11.5 Å². The van der Waals surface area contributed by atoms with Gasteiger partial charge in [0.25, 0.3) is 0 Å². The van der Waals surface area contributed by atoms with Gasteiger partial charge in [0.05, 0.1) is 31.4 Å². The topological polar surface area (TPSA) is 64.7 Å². The molecule has 0 spiro atoms. The van der Waals surface area contributed by atoms with Gasteiger partial charge in [0.1, 0.15) is 22.8 Å². The number of methoxy groups -OCH3 is 2. The van der Waals surface area contributed by atoms with E-state index in [2.05, 4.69) is 5.16 Å². The van der Waals surface area contributed by atoms with Crippen LogP contribution in [0.4, 0.5) is 0 Å². The molecule has 0 saturated carbocycles. The number of nitrogens with zero attached hydrogens (tertiary/aromatic N) is 1. The lowest BCUT2D eigenvalue weighted by atomic mass is 10.0. The molecule has 0 saturated heterocycles. The first-order chi connectivity index (χ1) is 12.1. The largest absolute Gasteiger partial charge is 0.496 e. The summed E-state index contributed by atoms with van der Waals surface area (Å²) in [6.07, 6.45) is 0.